The number of halogens is 1. The third-order valence-corrected chi connectivity index (χ3v) is 6.27. The molecule has 0 N–H and O–H groups in total. The molecule has 5 heterocycles. The van der Waals surface area contributed by atoms with Gasteiger partial charge >= 0.3 is 0 Å². The molecular weight excluding hydrogens is 320 g/mol. The average Bonchev–Trinajstić information content (AvgIpc) is 2.60. The molecule has 24 heavy (non-hydrogen) atoms. The van der Waals surface area contributed by atoms with Crippen molar-refractivity contribution in [1.29, 1.82) is 0 Å². The summed E-state index contributed by atoms with van der Waals surface area (Å²) in [5, 5.41) is 0.780. The summed E-state index contributed by atoms with van der Waals surface area (Å²) < 4.78 is 0. The Hall–Kier alpha value is -1.32. The lowest BCUT2D eigenvalue weighted by atomic mass is 9.71. The van der Waals surface area contributed by atoms with Crippen LogP contribution in [0, 0.1) is 0 Å². The standard InChI is InChI=1S/C20H25ClN2O/c1-2-20(24)23-18-10-8-16-19(23)11-9-17(18)22(16)12-4-6-14-5-3-7-15(21)13-14/h3-7,13,16-19H,2,8-12H2,1H3/b6-4+/t16-,17?,18?,19-/m1/s1. The van der Waals surface area contributed by atoms with Crippen molar-refractivity contribution in [2.75, 3.05) is 6.54 Å². The smallest absolute Gasteiger partial charge is 0.222 e. The van der Waals surface area contributed by atoms with Gasteiger partial charge in [-0.15, -0.1) is 0 Å². The Balaban J connectivity index is 1.48. The van der Waals surface area contributed by atoms with E-state index in [2.05, 4.69) is 28.0 Å². The van der Waals surface area contributed by atoms with E-state index in [1.165, 1.54) is 25.7 Å². The Morgan fingerprint density at radius 1 is 1.17 bits per heavy atom. The molecule has 6 rings (SSSR count). The third kappa shape index (κ3) is 2.68. The summed E-state index contributed by atoms with van der Waals surface area (Å²) in [7, 11) is 0. The Morgan fingerprint density at radius 3 is 2.46 bits per heavy atom. The first-order valence-electron chi connectivity index (χ1n) is 9.18. The number of piperazine rings is 1. The maximum atomic E-state index is 12.4. The van der Waals surface area contributed by atoms with Crippen LogP contribution < -0.4 is 0 Å². The normalized spacial score (nSPS) is 32.0. The predicted molar refractivity (Wildman–Crippen MR) is 97.9 cm³/mol. The lowest BCUT2D eigenvalue weighted by Crippen LogP contribution is -2.76. The van der Waals surface area contributed by atoms with Gasteiger partial charge in [0.2, 0.25) is 5.91 Å². The van der Waals surface area contributed by atoms with Crippen LogP contribution in [-0.2, 0) is 4.79 Å². The second kappa shape index (κ2) is 6.53. The highest BCUT2D eigenvalue weighted by atomic mass is 35.5. The summed E-state index contributed by atoms with van der Waals surface area (Å²) in [4.78, 5) is 17.3. The van der Waals surface area contributed by atoms with Crippen molar-refractivity contribution in [3.63, 3.8) is 0 Å². The number of benzene rings is 1. The molecule has 4 heteroatoms. The number of amides is 1. The van der Waals surface area contributed by atoms with Gasteiger partial charge in [-0.05, 0) is 43.4 Å². The van der Waals surface area contributed by atoms with Gasteiger partial charge in [0.05, 0.1) is 0 Å². The zero-order valence-corrected chi connectivity index (χ0v) is 15.0. The van der Waals surface area contributed by atoms with E-state index in [0.717, 1.165) is 17.1 Å². The summed E-state index contributed by atoms with van der Waals surface area (Å²) in [6, 6.07) is 9.96. The first-order valence-corrected chi connectivity index (χ1v) is 9.56. The molecule has 0 aromatic heterocycles. The van der Waals surface area contributed by atoms with Gasteiger partial charge in [0, 0.05) is 42.2 Å². The van der Waals surface area contributed by atoms with Crippen LogP contribution in [0.2, 0.25) is 5.02 Å². The Morgan fingerprint density at radius 2 is 1.83 bits per heavy atom. The molecule has 2 unspecified atom stereocenters. The molecule has 0 aliphatic carbocycles. The summed E-state index contributed by atoms with van der Waals surface area (Å²) in [5.74, 6) is 0.355. The van der Waals surface area contributed by atoms with E-state index in [9.17, 15) is 4.79 Å². The lowest BCUT2D eigenvalue weighted by molar-refractivity contribution is -0.169. The zero-order chi connectivity index (χ0) is 16.7. The van der Waals surface area contributed by atoms with E-state index in [1.54, 1.807) is 0 Å². The zero-order valence-electron chi connectivity index (χ0n) is 14.2. The van der Waals surface area contributed by atoms with Gasteiger partial charge in [-0.2, -0.15) is 0 Å². The second-order valence-corrected chi connectivity index (χ2v) is 7.67. The number of hydrogen-bond donors (Lipinski definition) is 0. The van der Waals surface area contributed by atoms with Crippen LogP contribution in [0.4, 0.5) is 0 Å². The lowest BCUT2D eigenvalue weighted by Gasteiger charge is -2.64. The highest BCUT2D eigenvalue weighted by molar-refractivity contribution is 6.30. The number of nitrogens with zero attached hydrogens (tertiary/aromatic N) is 2. The first kappa shape index (κ1) is 16.2. The van der Waals surface area contributed by atoms with E-state index in [4.69, 9.17) is 11.6 Å². The summed E-state index contributed by atoms with van der Waals surface area (Å²) in [6.45, 7) is 2.97. The van der Waals surface area contributed by atoms with Crippen molar-refractivity contribution < 1.29 is 4.79 Å². The Bertz CT molecular complexity index is 639. The minimum Gasteiger partial charge on any atom is -0.334 e. The van der Waals surface area contributed by atoms with Crippen LogP contribution in [0.5, 0.6) is 0 Å². The fourth-order valence-electron chi connectivity index (χ4n) is 5.11. The molecule has 3 nitrogen and oxygen atoms in total. The quantitative estimate of drug-likeness (QED) is 0.825. The molecule has 0 radical (unpaired) electrons. The SMILES string of the molecule is CCC(=O)N1C2CC[C@@H]3[C@H]1CCC2N3C/C=C/c1cccc(Cl)c1. The Labute approximate surface area is 149 Å². The van der Waals surface area contributed by atoms with Gasteiger partial charge in [-0.3, -0.25) is 9.69 Å². The molecule has 1 amide bonds. The maximum Gasteiger partial charge on any atom is 0.222 e. The number of fused-ring (bicyclic) bond motifs is 2. The molecule has 1 aromatic carbocycles. The van der Waals surface area contributed by atoms with Crippen molar-refractivity contribution in [2.24, 2.45) is 0 Å². The predicted octanol–water partition coefficient (Wildman–Crippen LogP) is 3.97. The molecule has 5 aliphatic heterocycles. The average molecular weight is 345 g/mol. The number of rotatable bonds is 4. The molecule has 5 saturated heterocycles. The molecular formula is C20H25ClN2O. The Kier molecular flexibility index (Phi) is 4.40. The summed E-state index contributed by atoms with van der Waals surface area (Å²) >= 11 is 6.05. The number of piperidine rings is 4. The van der Waals surface area contributed by atoms with E-state index >= 15 is 0 Å². The molecule has 128 valence electrons. The molecule has 5 fully saturated rings. The second-order valence-electron chi connectivity index (χ2n) is 7.23. The van der Waals surface area contributed by atoms with Gasteiger partial charge in [0.1, 0.15) is 0 Å². The highest BCUT2D eigenvalue weighted by Gasteiger charge is 2.55. The van der Waals surface area contributed by atoms with Gasteiger partial charge in [0.25, 0.3) is 0 Å². The summed E-state index contributed by atoms with van der Waals surface area (Å²) in [6.07, 6.45) is 9.92. The van der Waals surface area contributed by atoms with Crippen molar-refractivity contribution in [1.82, 2.24) is 9.80 Å². The van der Waals surface area contributed by atoms with Crippen LogP contribution in [0.25, 0.3) is 6.08 Å². The number of carbonyl (C=O) groups is 1. The van der Waals surface area contributed by atoms with E-state index in [1.807, 2.05) is 25.1 Å². The van der Waals surface area contributed by atoms with Crippen LogP contribution in [0.3, 0.4) is 0 Å². The van der Waals surface area contributed by atoms with Gasteiger partial charge in [-0.25, -0.2) is 0 Å². The van der Waals surface area contributed by atoms with Crippen molar-refractivity contribution in [3.05, 3.63) is 40.9 Å². The van der Waals surface area contributed by atoms with Gasteiger partial charge in [-0.1, -0.05) is 42.8 Å². The van der Waals surface area contributed by atoms with Crippen LogP contribution in [0.15, 0.2) is 30.3 Å². The monoisotopic (exact) mass is 344 g/mol. The molecule has 0 spiro atoms. The van der Waals surface area contributed by atoms with Crippen LogP contribution in [-0.4, -0.2) is 46.4 Å². The fourth-order valence-corrected chi connectivity index (χ4v) is 5.31. The van der Waals surface area contributed by atoms with Crippen molar-refractivity contribution in [2.45, 2.75) is 63.2 Å². The summed E-state index contributed by atoms with van der Waals surface area (Å²) in [5.41, 5.74) is 1.15. The van der Waals surface area contributed by atoms with E-state index in [-0.39, 0.29) is 0 Å². The largest absolute Gasteiger partial charge is 0.334 e. The maximum absolute atomic E-state index is 12.4. The van der Waals surface area contributed by atoms with Gasteiger partial charge < -0.3 is 4.90 Å². The molecule has 4 atom stereocenters. The fraction of sp³-hybridized carbons (Fsp3) is 0.550. The number of carbonyl (C=O) groups excluding carboxylic acids is 1. The van der Waals surface area contributed by atoms with Gasteiger partial charge in [0.15, 0.2) is 0 Å². The van der Waals surface area contributed by atoms with Crippen molar-refractivity contribution >= 4 is 23.6 Å². The molecule has 4 bridgehead atoms. The van der Waals surface area contributed by atoms with E-state index < -0.39 is 0 Å². The first-order chi connectivity index (χ1) is 11.7. The number of hydrogen-bond acceptors (Lipinski definition) is 2. The third-order valence-electron chi connectivity index (χ3n) is 6.04. The van der Waals surface area contributed by atoms with Crippen LogP contribution in [0.1, 0.15) is 44.6 Å². The topological polar surface area (TPSA) is 23.6 Å². The highest BCUT2D eigenvalue weighted by Crippen LogP contribution is 2.45. The van der Waals surface area contributed by atoms with Crippen molar-refractivity contribution in [3.8, 4) is 0 Å². The minimum atomic E-state index is 0.355. The molecule has 0 saturated carbocycles. The van der Waals surface area contributed by atoms with Crippen LogP contribution >= 0.6 is 11.6 Å². The molecule has 1 aromatic rings. The molecule has 5 aliphatic rings. The minimum absolute atomic E-state index is 0.355. The van der Waals surface area contributed by atoms with E-state index in [0.29, 0.717) is 36.5 Å².